The molecule has 13 heteroatoms. The van der Waals surface area contributed by atoms with Crippen LogP contribution >= 0.6 is 0 Å². The minimum atomic E-state index is -1.66. The highest BCUT2D eigenvalue weighted by atomic mass is 16.6. The highest BCUT2D eigenvalue weighted by molar-refractivity contribution is 5.74. The number of fused-ring (bicyclic) bond motifs is 1. The molecule has 0 amide bonds. The summed E-state index contributed by atoms with van der Waals surface area (Å²) in [7, 11) is 0. The number of carbonyl (C=O) groups excluding carboxylic acids is 1. The molecule has 0 unspecified atom stereocenters. The lowest BCUT2D eigenvalue weighted by molar-refractivity contribution is -0.168. The summed E-state index contributed by atoms with van der Waals surface area (Å²) in [5, 5.41) is 106. The molecule has 0 bridgehead atoms. The van der Waals surface area contributed by atoms with Gasteiger partial charge in [0.25, 0.3) is 0 Å². The van der Waals surface area contributed by atoms with Crippen molar-refractivity contribution >= 4 is 5.97 Å². The number of allylic oxidation sites excluding steroid dienone is 6. The van der Waals surface area contributed by atoms with Crippen LogP contribution in [-0.2, 0) is 14.3 Å². The van der Waals surface area contributed by atoms with E-state index in [1.54, 1.807) is 49.5 Å². The number of hydrogen-bond acceptors (Lipinski definition) is 13. The fraction of sp³-hybridized carbons (Fsp3) is 0.743. The number of aliphatic hydroxyl groups is 10. The van der Waals surface area contributed by atoms with Gasteiger partial charge in [-0.05, 0) is 39.5 Å². The number of ether oxygens (including phenoxy) is 2. The summed E-state index contributed by atoms with van der Waals surface area (Å²) in [5.74, 6) is -2.38. The summed E-state index contributed by atoms with van der Waals surface area (Å²) in [4.78, 5) is 13.2. The van der Waals surface area contributed by atoms with Crippen molar-refractivity contribution in [2.24, 2.45) is 5.92 Å². The van der Waals surface area contributed by atoms with Gasteiger partial charge >= 0.3 is 5.97 Å². The predicted octanol–water partition coefficient (Wildman–Crippen LogP) is 0.0700. The zero-order valence-corrected chi connectivity index (χ0v) is 28.2. The molecule has 0 aromatic heterocycles. The summed E-state index contributed by atoms with van der Waals surface area (Å²) >= 11 is 0. The first-order chi connectivity index (χ1) is 22.6. The Labute approximate surface area is 283 Å². The van der Waals surface area contributed by atoms with E-state index in [-0.39, 0.29) is 32.1 Å². The van der Waals surface area contributed by atoms with Gasteiger partial charge in [0.2, 0.25) is 0 Å². The Balaban J connectivity index is 2.22. The minimum absolute atomic E-state index is 0.194. The van der Waals surface area contributed by atoms with Crippen molar-refractivity contribution < 1.29 is 65.3 Å². The molecule has 2 aliphatic heterocycles. The molecule has 0 radical (unpaired) electrons. The molecule has 0 aromatic rings. The van der Waals surface area contributed by atoms with Gasteiger partial charge in [-0.25, -0.2) is 0 Å². The van der Waals surface area contributed by atoms with E-state index < -0.39 is 97.2 Å². The van der Waals surface area contributed by atoms with Gasteiger partial charge in [-0.2, -0.15) is 0 Å². The van der Waals surface area contributed by atoms with Crippen molar-refractivity contribution in [3.63, 3.8) is 0 Å². The van der Waals surface area contributed by atoms with Crippen LogP contribution in [0.5, 0.6) is 0 Å². The number of hydrogen-bond donors (Lipinski definition) is 10. The quantitative estimate of drug-likeness (QED) is 0.105. The van der Waals surface area contributed by atoms with Crippen molar-refractivity contribution in [2.45, 2.75) is 157 Å². The van der Waals surface area contributed by atoms with Crippen LogP contribution in [0.15, 0.2) is 48.6 Å². The smallest absolute Gasteiger partial charge is 0.314 e. The second-order valence-electron chi connectivity index (χ2n) is 13.3. The fourth-order valence-corrected chi connectivity index (χ4v) is 5.87. The third kappa shape index (κ3) is 13.7. The van der Waals surface area contributed by atoms with Gasteiger partial charge in [-0.3, -0.25) is 4.79 Å². The Morgan fingerprint density at radius 1 is 0.750 bits per heavy atom. The van der Waals surface area contributed by atoms with Crippen LogP contribution in [0.2, 0.25) is 0 Å². The van der Waals surface area contributed by atoms with Crippen LogP contribution in [0.1, 0.15) is 78.6 Å². The monoisotopic (exact) mass is 686 g/mol. The zero-order valence-electron chi connectivity index (χ0n) is 28.2. The van der Waals surface area contributed by atoms with Crippen molar-refractivity contribution in [3.8, 4) is 0 Å². The number of epoxide rings is 1. The average molecular weight is 687 g/mol. The summed E-state index contributed by atoms with van der Waals surface area (Å²) in [6, 6.07) is 0. The molecule has 14 atom stereocenters. The molecule has 2 aliphatic rings. The number of aliphatic hydroxyl groups excluding tert-OH is 10. The number of esters is 1. The van der Waals surface area contributed by atoms with Gasteiger partial charge in [-0.1, -0.05) is 74.8 Å². The van der Waals surface area contributed by atoms with Crippen LogP contribution in [0, 0.1) is 5.92 Å². The average Bonchev–Trinajstić information content (AvgIpc) is 3.66. The molecule has 1 fully saturated rings. The van der Waals surface area contributed by atoms with Crippen LogP contribution in [0.3, 0.4) is 0 Å². The molecule has 10 N–H and O–H groups in total. The van der Waals surface area contributed by atoms with Gasteiger partial charge in [-0.15, -0.1) is 0 Å². The van der Waals surface area contributed by atoms with Gasteiger partial charge in [0.05, 0.1) is 42.7 Å². The lowest BCUT2D eigenvalue weighted by Crippen LogP contribution is -2.47. The molecular weight excluding hydrogens is 628 g/mol. The lowest BCUT2D eigenvalue weighted by Gasteiger charge is -2.30. The number of unbranched alkanes of at least 4 members (excludes halogenated alkanes) is 2. The molecular formula is C35H58O13. The van der Waals surface area contributed by atoms with Crippen molar-refractivity contribution in [1.82, 2.24) is 0 Å². The van der Waals surface area contributed by atoms with Crippen LogP contribution in [0.25, 0.3) is 0 Å². The van der Waals surface area contributed by atoms with Gasteiger partial charge in [0, 0.05) is 12.8 Å². The third-order valence-corrected chi connectivity index (χ3v) is 8.99. The molecule has 2 rings (SSSR count). The first-order valence-corrected chi connectivity index (χ1v) is 17.0. The van der Waals surface area contributed by atoms with E-state index in [9.17, 15) is 55.9 Å². The maximum atomic E-state index is 13.2. The Morgan fingerprint density at radius 2 is 1.25 bits per heavy atom. The Kier molecular flexibility index (Phi) is 18.1. The molecule has 0 spiro atoms. The molecule has 1 saturated heterocycles. The number of rotatable bonds is 5. The van der Waals surface area contributed by atoms with Crippen LogP contribution < -0.4 is 0 Å². The van der Waals surface area contributed by atoms with E-state index in [0.29, 0.717) is 6.42 Å². The van der Waals surface area contributed by atoms with E-state index in [0.717, 1.165) is 12.8 Å². The maximum absolute atomic E-state index is 13.2. The van der Waals surface area contributed by atoms with E-state index >= 15 is 0 Å². The number of carbonyl (C=O) groups is 1. The van der Waals surface area contributed by atoms with Gasteiger partial charge in [0.15, 0.2) is 0 Å². The van der Waals surface area contributed by atoms with Crippen molar-refractivity contribution in [1.29, 1.82) is 0 Å². The lowest BCUT2D eigenvalue weighted by atomic mass is 9.87. The molecule has 0 aromatic carbocycles. The predicted molar refractivity (Wildman–Crippen MR) is 176 cm³/mol. The molecule has 276 valence electrons. The Bertz CT molecular complexity index is 1060. The topological polar surface area (TPSA) is 241 Å². The summed E-state index contributed by atoms with van der Waals surface area (Å²) < 4.78 is 11.0. The summed E-state index contributed by atoms with van der Waals surface area (Å²) in [6.45, 7) is 5.01. The summed E-state index contributed by atoms with van der Waals surface area (Å²) in [6.07, 6.45) is -1.77. The second-order valence-corrected chi connectivity index (χ2v) is 13.3. The van der Waals surface area contributed by atoms with Gasteiger partial charge in [0.1, 0.15) is 42.0 Å². The molecule has 0 saturated carbocycles. The van der Waals surface area contributed by atoms with E-state index in [1.807, 2.05) is 6.92 Å². The first-order valence-electron chi connectivity index (χ1n) is 17.0. The second kappa shape index (κ2) is 20.6. The largest absolute Gasteiger partial charge is 0.459 e. The Hall–Kier alpha value is -2.01. The van der Waals surface area contributed by atoms with Crippen LogP contribution in [-0.4, -0.2) is 136 Å². The Morgan fingerprint density at radius 3 is 1.81 bits per heavy atom. The maximum Gasteiger partial charge on any atom is 0.314 e. The van der Waals surface area contributed by atoms with Gasteiger partial charge < -0.3 is 60.5 Å². The highest BCUT2D eigenvalue weighted by Crippen LogP contribution is 2.42. The third-order valence-electron chi connectivity index (χ3n) is 8.99. The van der Waals surface area contributed by atoms with E-state index in [1.165, 1.54) is 13.0 Å². The SMILES string of the molecule is CCCCC[C@@H](O)[C@H]1C(=O)O[C@H](C)[C@@H](O)C=CC=CC=CC=C[C@@H]2O[C@@]2(C)[C@H](O)[C@@H](O)[C@H](O)C[C@H](O)C[C@H](O)C[C@H](O)C[C@H](O)C[C@@H]1O. The molecule has 13 nitrogen and oxygen atoms in total. The van der Waals surface area contributed by atoms with Crippen molar-refractivity contribution in [3.05, 3.63) is 48.6 Å². The normalized spacial score (nSPS) is 40.7. The molecule has 0 aliphatic carbocycles. The van der Waals surface area contributed by atoms with Crippen molar-refractivity contribution in [2.75, 3.05) is 0 Å². The first kappa shape index (κ1) is 42.2. The van der Waals surface area contributed by atoms with E-state index in [2.05, 4.69) is 0 Å². The minimum Gasteiger partial charge on any atom is -0.459 e. The van der Waals surface area contributed by atoms with Crippen LogP contribution in [0.4, 0.5) is 0 Å². The highest BCUT2D eigenvalue weighted by Gasteiger charge is 2.58. The van der Waals surface area contributed by atoms with E-state index in [4.69, 9.17) is 9.47 Å². The zero-order chi connectivity index (χ0) is 36.0. The fourth-order valence-electron chi connectivity index (χ4n) is 5.87. The number of cyclic esters (lactones) is 1. The molecule has 2 heterocycles. The summed E-state index contributed by atoms with van der Waals surface area (Å²) in [5.41, 5.74) is -1.17. The molecule has 48 heavy (non-hydrogen) atoms. The standard InChI is InChI=1S/C35H58O13/c1-4-5-10-14-27(41)31-28(42)19-24(38)17-22(36)16-23(37)18-25(39)20-29(43)32(44)33(45)35(3)30(48-35)15-12-9-7-6-8-11-13-26(40)21(2)47-34(31)46/h6-9,11-13,15,21-33,36-45H,4-5,10,14,16-20H2,1-3H3/t21-,22+,23-,24+,25-,26+,27-,28+,29-,30+,31-,32+,33-,35-/m1/s1.